The smallest absolute Gasteiger partial charge is 0.181 e. The molecule has 0 amide bonds. The Bertz CT molecular complexity index is 452. The number of H-pyrrole nitrogens is 1. The minimum Gasteiger partial charge on any atom is -0.341 e. The first kappa shape index (κ1) is 4.06. The summed E-state index contributed by atoms with van der Waals surface area (Å²) in [6, 6.07) is 0. The molecular weight excluding hydrogens is 160 g/mol. The van der Waals surface area contributed by atoms with Gasteiger partial charge in [-0.05, 0) is 6.18 Å². The summed E-state index contributed by atoms with van der Waals surface area (Å²) < 4.78 is 21.3. The quantitative estimate of drug-likeness (QED) is 0.512. The number of aromatic amines is 1. The minimum atomic E-state index is -2.10. The fourth-order valence-corrected chi connectivity index (χ4v) is 1.17. The maximum Gasteiger partial charge on any atom is 0.181 e. The number of hydrogen-bond acceptors (Lipinski definition) is 4. The van der Waals surface area contributed by atoms with Gasteiger partial charge >= 0.3 is 0 Å². The van der Waals surface area contributed by atoms with Crippen molar-refractivity contribution in [1.82, 2.24) is 19.9 Å². The van der Waals surface area contributed by atoms with Crippen LogP contribution < -0.4 is 0 Å². The van der Waals surface area contributed by atoms with E-state index in [1.165, 1.54) is 12.7 Å². The zero-order chi connectivity index (χ0) is 10.2. The van der Waals surface area contributed by atoms with Gasteiger partial charge in [-0.2, -0.15) is 0 Å². The summed E-state index contributed by atoms with van der Waals surface area (Å²) in [6.07, 6.45) is 0.659. The third kappa shape index (κ3) is 0.970. The zero-order valence-corrected chi connectivity index (χ0v) is 6.22. The van der Waals surface area contributed by atoms with Crippen molar-refractivity contribution in [2.45, 2.75) is 5.03 Å². The summed E-state index contributed by atoms with van der Waals surface area (Å²) >= 11 is 0.712. The molecule has 0 radical (unpaired) electrons. The summed E-state index contributed by atoms with van der Waals surface area (Å²) in [6.45, 7) is 0. The molecule has 5 heteroatoms. The van der Waals surface area contributed by atoms with E-state index in [0.29, 0.717) is 28.0 Å². The van der Waals surface area contributed by atoms with Crippen LogP contribution in [0.3, 0.4) is 0 Å². The Balaban J connectivity index is 2.46. The molecule has 0 saturated heterocycles. The lowest BCUT2D eigenvalue weighted by atomic mass is 10.6. The second kappa shape index (κ2) is 2.50. The van der Waals surface area contributed by atoms with Crippen LogP contribution in [-0.4, -0.2) is 26.1 Å². The molecule has 0 unspecified atom stereocenters. The Hall–Kier alpha value is -1.10. The molecule has 0 aromatic carbocycles. The van der Waals surface area contributed by atoms with Crippen molar-refractivity contribution in [3.8, 4) is 0 Å². The Kier molecular flexibility index (Phi) is 0.923. The molecule has 0 spiro atoms. The fourth-order valence-electron chi connectivity index (χ4n) is 0.820. The molecule has 56 valence electrons. The van der Waals surface area contributed by atoms with Gasteiger partial charge in [-0.25, -0.2) is 15.0 Å². The largest absolute Gasteiger partial charge is 0.341 e. The average Bonchev–Trinajstić information content (AvgIpc) is 2.49. The predicted octanol–water partition coefficient (Wildman–Crippen LogP) is 1.07. The number of nitrogens with one attached hydrogen (secondary N) is 1. The molecule has 0 fully saturated rings. The van der Waals surface area contributed by atoms with Crippen molar-refractivity contribution in [3.63, 3.8) is 0 Å². The first-order valence-electron chi connectivity index (χ1n) is 4.39. The SMILES string of the molecule is [2H]C([2H])([2H])Sc1ncnc2nc[nH]c12. The normalized spacial score (nSPS) is 15.8. The van der Waals surface area contributed by atoms with Crippen LogP contribution in [0, 0.1) is 0 Å². The standard InChI is InChI=1S/C6H6N4S/c1-11-6-4-5(8-2-7-4)9-3-10-6/h2-3H,1H3,(H,7,8,9,10)/i1D3. The summed E-state index contributed by atoms with van der Waals surface area (Å²) in [5.41, 5.74) is 1.04. The zero-order valence-electron chi connectivity index (χ0n) is 8.40. The van der Waals surface area contributed by atoms with Crippen LogP contribution in [0.2, 0.25) is 0 Å². The van der Waals surface area contributed by atoms with Gasteiger partial charge in [0, 0.05) is 4.11 Å². The highest BCUT2D eigenvalue weighted by atomic mass is 32.2. The van der Waals surface area contributed by atoms with Gasteiger partial charge < -0.3 is 4.98 Å². The highest BCUT2D eigenvalue weighted by Crippen LogP contribution is 2.18. The lowest BCUT2D eigenvalue weighted by molar-refractivity contribution is 1.09. The van der Waals surface area contributed by atoms with Gasteiger partial charge in [0.1, 0.15) is 16.9 Å². The van der Waals surface area contributed by atoms with Gasteiger partial charge in [-0.15, -0.1) is 11.8 Å². The summed E-state index contributed by atoms with van der Waals surface area (Å²) in [5, 5.41) is 0.396. The van der Waals surface area contributed by atoms with E-state index in [1.807, 2.05) is 0 Å². The van der Waals surface area contributed by atoms with Crippen molar-refractivity contribution < 1.29 is 4.11 Å². The predicted molar refractivity (Wildman–Crippen MR) is 43.5 cm³/mol. The third-order valence-corrected chi connectivity index (χ3v) is 1.79. The van der Waals surface area contributed by atoms with Crippen LogP contribution >= 0.6 is 11.8 Å². The van der Waals surface area contributed by atoms with Crippen LogP contribution in [0.1, 0.15) is 4.11 Å². The molecule has 2 rings (SSSR count). The van der Waals surface area contributed by atoms with E-state index in [-0.39, 0.29) is 0 Å². The van der Waals surface area contributed by atoms with Crippen LogP contribution in [0.25, 0.3) is 11.2 Å². The number of nitrogens with zero attached hydrogens (tertiary/aromatic N) is 3. The molecule has 2 heterocycles. The first-order chi connectivity index (χ1) is 6.56. The van der Waals surface area contributed by atoms with Crippen molar-refractivity contribution in [2.75, 3.05) is 6.18 Å². The van der Waals surface area contributed by atoms with Crippen LogP contribution in [0.15, 0.2) is 17.7 Å². The molecule has 2 aromatic heterocycles. The number of fused-ring (bicyclic) bond motifs is 1. The summed E-state index contributed by atoms with van der Waals surface area (Å²) in [7, 11) is 0. The Morgan fingerprint density at radius 2 is 2.55 bits per heavy atom. The number of aromatic nitrogens is 4. The van der Waals surface area contributed by atoms with Gasteiger partial charge in [0.05, 0.1) is 6.33 Å². The van der Waals surface area contributed by atoms with E-state index in [4.69, 9.17) is 4.11 Å². The molecular formula is C6H6N4S. The van der Waals surface area contributed by atoms with Crippen molar-refractivity contribution in [1.29, 1.82) is 0 Å². The lowest BCUT2D eigenvalue weighted by Gasteiger charge is -1.93. The number of imidazole rings is 1. The molecule has 0 saturated carbocycles. The van der Waals surface area contributed by atoms with Crippen LogP contribution in [0.5, 0.6) is 0 Å². The average molecular weight is 169 g/mol. The second-order valence-corrected chi connectivity index (χ2v) is 2.47. The molecule has 11 heavy (non-hydrogen) atoms. The molecule has 2 aromatic rings. The number of thioether (sulfide) groups is 1. The van der Waals surface area contributed by atoms with E-state index in [1.54, 1.807) is 0 Å². The van der Waals surface area contributed by atoms with E-state index in [0.717, 1.165) is 0 Å². The molecule has 1 N–H and O–H groups in total. The van der Waals surface area contributed by atoms with E-state index in [2.05, 4.69) is 19.9 Å². The fraction of sp³-hybridized carbons (Fsp3) is 0.167. The Labute approximate surface area is 71.7 Å². The maximum atomic E-state index is 7.10. The van der Waals surface area contributed by atoms with E-state index in [9.17, 15) is 0 Å². The van der Waals surface area contributed by atoms with Gasteiger partial charge in [0.2, 0.25) is 0 Å². The number of rotatable bonds is 1. The minimum absolute atomic E-state index is 0.396. The monoisotopic (exact) mass is 169 g/mol. The molecule has 0 bridgehead atoms. The number of hydrogen-bond donors (Lipinski definition) is 1. The second-order valence-electron chi connectivity index (χ2n) is 1.88. The summed E-state index contributed by atoms with van der Waals surface area (Å²) in [4.78, 5) is 14.5. The molecule has 0 aliphatic heterocycles. The molecule has 4 nitrogen and oxygen atoms in total. The molecule has 0 atom stereocenters. The Morgan fingerprint density at radius 3 is 3.45 bits per heavy atom. The van der Waals surface area contributed by atoms with Gasteiger partial charge in [0.15, 0.2) is 5.65 Å². The summed E-state index contributed by atoms with van der Waals surface area (Å²) in [5.74, 6) is 0. The lowest BCUT2D eigenvalue weighted by Crippen LogP contribution is -1.83. The van der Waals surface area contributed by atoms with Gasteiger partial charge in [-0.3, -0.25) is 0 Å². The Morgan fingerprint density at radius 1 is 1.55 bits per heavy atom. The maximum absolute atomic E-state index is 7.10. The van der Waals surface area contributed by atoms with Crippen LogP contribution in [0.4, 0.5) is 0 Å². The molecule has 0 aliphatic carbocycles. The van der Waals surface area contributed by atoms with Gasteiger partial charge in [0.25, 0.3) is 0 Å². The van der Waals surface area contributed by atoms with E-state index >= 15 is 0 Å². The third-order valence-electron chi connectivity index (χ3n) is 1.28. The van der Waals surface area contributed by atoms with Crippen molar-refractivity contribution in [2.24, 2.45) is 0 Å². The van der Waals surface area contributed by atoms with E-state index < -0.39 is 6.18 Å². The topological polar surface area (TPSA) is 54.5 Å². The van der Waals surface area contributed by atoms with Gasteiger partial charge in [-0.1, -0.05) is 0 Å². The van der Waals surface area contributed by atoms with Crippen LogP contribution in [-0.2, 0) is 0 Å². The molecule has 0 aliphatic rings. The van der Waals surface area contributed by atoms with Crippen molar-refractivity contribution in [3.05, 3.63) is 12.7 Å². The van der Waals surface area contributed by atoms with Crippen molar-refractivity contribution >= 4 is 22.9 Å². The highest BCUT2D eigenvalue weighted by Gasteiger charge is 2.02. The first-order valence-corrected chi connectivity index (χ1v) is 3.71. The highest BCUT2D eigenvalue weighted by molar-refractivity contribution is 7.98.